The Hall–Kier alpha value is -6.19. The first-order valence-electron chi connectivity index (χ1n) is 40.8. The number of likely N-dealkylation sites (N-methyl/N-ethyl adjacent to an activating group) is 1. The largest absolute Gasteiger partial charge is 0.350 e. The number of allylic oxidation sites excluding steroid dienone is 1. The molecule has 4 saturated heterocycles. The highest BCUT2D eigenvalue weighted by atomic mass is 16.2. The molecule has 9 aliphatic rings. The Balaban J connectivity index is 0.000000221. The van der Waals surface area contributed by atoms with E-state index in [9.17, 15) is 24.0 Å². The third-order valence-corrected chi connectivity index (χ3v) is 25.7. The van der Waals surface area contributed by atoms with Crippen LogP contribution in [0.5, 0.6) is 0 Å². The van der Waals surface area contributed by atoms with E-state index in [0.717, 1.165) is 96.3 Å². The molecule has 572 valence electrons. The van der Waals surface area contributed by atoms with E-state index >= 15 is 0 Å². The standard InChI is InChI=1S/C25H38N2O.C22H34N2O.C21H31N3O2.C21H30N2O.4H2/c1-24(2,3)12-15-27-16-13-25(14-17-27)18-22(20-10-6-7-11-21(20)25)26-23(28)19-8-4-5-9-19;1-4-7-21(25)23-20-16-22(19-9-6-5-8-18(19)20)11-14-24(15-12-22)13-10-17(2)3;1-4-24(5-2)20(26)15-23-12-10-21(11-13-23)14-19(22-16(3)25)17-8-6-7-9-18(17)21;1-3-4-7-14-23-15-12-21(13-16-23)11-10-20(22-17(2)24)18-8-5-6-9-19(18)21;;;;/h6-7,10-11,19,22H,4-5,8-9,12-18H2,1-3H3,(H,26,28);5-6,8-9,17,20H,4,7,10-16H2,1-3H3,(H,23,25);6-9,19H,4-5,10-15H2,1-3H3,(H,22,25);3,5-6,8-9,20H,1,4,7,10-16H2,2H3,(H,22,24);4*1H/t22-;20-;19-;20-;;;;/m0000..../s1. The fourth-order valence-corrected chi connectivity index (χ4v) is 19.6. The van der Waals surface area contributed by atoms with E-state index in [-0.39, 0.29) is 75.7 Å². The first-order valence-corrected chi connectivity index (χ1v) is 40.8. The van der Waals surface area contributed by atoms with Gasteiger partial charge in [0, 0.05) is 61.2 Å². The van der Waals surface area contributed by atoms with Crippen LogP contribution < -0.4 is 21.3 Å². The zero-order chi connectivity index (χ0) is 73.4. The number of likely N-dealkylation sites (tertiary alicyclic amines) is 4. The molecule has 4 atom stereocenters. The molecule has 13 rings (SSSR count). The lowest BCUT2D eigenvalue weighted by Gasteiger charge is -2.47. The summed E-state index contributed by atoms with van der Waals surface area (Å²) in [7, 11) is 0. The van der Waals surface area contributed by atoms with Crippen LogP contribution in [-0.2, 0) is 45.6 Å². The van der Waals surface area contributed by atoms with E-state index in [1.807, 2.05) is 24.8 Å². The number of rotatable bonds is 20. The summed E-state index contributed by atoms with van der Waals surface area (Å²) in [5, 5.41) is 13.0. The maximum atomic E-state index is 12.8. The summed E-state index contributed by atoms with van der Waals surface area (Å²) in [5.74, 6) is 1.87. The number of unbranched alkanes of at least 4 members (excludes halogenated alkanes) is 1. The summed E-state index contributed by atoms with van der Waals surface area (Å²) in [4.78, 5) is 72.6. The average Bonchev–Trinajstić information content (AvgIpc) is 1.47. The lowest BCUT2D eigenvalue weighted by Crippen LogP contribution is -2.47. The number of nitrogens with zero attached hydrogens (tertiary/aromatic N) is 5. The first-order chi connectivity index (χ1) is 49.5. The van der Waals surface area contributed by atoms with Crippen LogP contribution in [0.1, 0.15) is 291 Å². The fourth-order valence-electron chi connectivity index (χ4n) is 19.6. The van der Waals surface area contributed by atoms with Gasteiger partial charge in [-0.05, 0) is 276 Å². The summed E-state index contributed by atoms with van der Waals surface area (Å²) < 4.78 is 0. The van der Waals surface area contributed by atoms with Crippen molar-refractivity contribution < 1.29 is 29.7 Å². The second-order valence-corrected chi connectivity index (χ2v) is 34.3. The molecule has 4 aromatic carbocycles. The minimum atomic E-state index is 0. The zero-order valence-electron chi connectivity index (χ0n) is 65.4. The predicted molar refractivity (Wildman–Crippen MR) is 429 cm³/mol. The summed E-state index contributed by atoms with van der Waals surface area (Å²) >= 11 is 0. The van der Waals surface area contributed by atoms with Crippen LogP contribution in [0, 0.1) is 17.3 Å². The number of piperidine rings is 4. The quantitative estimate of drug-likeness (QED) is 0.0501. The molecule has 0 unspecified atom stereocenters. The van der Waals surface area contributed by atoms with Gasteiger partial charge >= 0.3 is 0 Å². The molecular weight excluding hydrogens is 1280 g/mol. The SMILES string of the molecule is C=CCCCN1CCC2(CC[C@H](NC(C)=O)c3ccccc32)CC1.CC(C)(C)CCN1CCC2(CC1)C[C@H](NC(=O)C1CCCC1)c1ccccc12.CCCC(=O)N[C@H]1CC2(CCN(CCC(C)C)CC2)c2ccccc21.CCN(CC)C(=O)CN1CCC2(CC1)C[C@H](NC(C)=O)c1ccccc12.[HH].[HH].[HH].[HH]. The normalized spacial score (nSPS) is 23.0. The van der Waals surface area contributed by atoms with E-state index in [1.165, 1.54) is 180 Å². The van der Waals surface area contributed by atoms with Crippen molar-refractivity contribution in [3.63, 3.8) is 0 Å². The van der Waals surface area contributed by atoms with Gasteiger partial charge in [-0.1, -0.05) is 158 Å². The van der Waals surface area contributed by atoms with Crippen molar-refractivity contribution >= 4 is 29.5 Å². The van der Waals surface area contributed by atoms with Crippen LogP contribution in [0.4, 0.5) is 0 Å². The monoisotopic (exact) mass is 1420 g/mol. The van der Waals surface area contributed by atoms with Gasteiger partial charge in [0.25, 0.3) is 0 Å². The molecular formula is C89H141N9O5. The van der Waals surface area contributed by atoms with Gasteiger partial charge in [-0.3, -0.25) is 28.9 Å². The lowest BCUT2D eigenvalue weighted by molar-refractivity contribution is -0.132. The molecule has 0 aromatic heterocycles. The average molecular weight is 1420 g/mol. The topological polar surface area (TPSA) is 150 Å². The molecule has 14 nitrogen and oxygen atoms in total. The van der Waals surface area contributed by atoms with Crippen LogP contribution >= 0.6 is 0 Å². The molecule has 5 amide bonds. The van der Waals surface area contributed by atoms with E-state index in [2.05, 4.69) is 186 Å². The van der Waals surface area contributed by atoms with Gasteiger partial charge in [0.1, 0.15) is 0 Å². The molecule has 103 heavy (non-hydrogen) atoms. The molecule has 1 saturated carbocycles. The molecule has 0 radical (unpaired) electrons. The number of carbonyl (C=O) groups excluding carboxylic acids is 5. The molecule has 0 bridgehead atoms. The first kappa shape index (κ1) is 79.4. The highest BCUT2D eigenvalue weighted by molar-refractivity contribution is 5.80. The highest BCUT2D eigenvalue weighted by Crippen LogP contribution is 2.54. The molecule has 5 fully saturated rings. The van der Waals surface area contributed by atoms with Gasteiger partial charge in [0.05, 0.1) is 30.7 Å². The van der Waals surface area contributed by atoms with Crippen molar-refractivity contribution in [1.82, 2.24) is 45.8 Å². The van der Waals surface area contributed by atoms with Crippen molar-refractivity contribution in [1.29, 1.82) is 0 Å². The number of carbonyl (C=O) groups is 5. The van der Waals surface area contributed by atoms with E-state index in [1.54, 1.807) is 13.8 Å². The molecule has 5 aliphatic carbocycles. The van der Waals surface area contributed by atoms with Gasteiger partial charge < -0.3 is 40.9 Å². The van der Waals surface area contributed by atoms with Gasteiger partial charge in [-0.15, -0.1) is 6.58 Å². The third-order valence-electron chi connectivity index (χ3n) is 25.7. The van der Waals surface area contributed by atoms with Gasteiger partial charge in [-0.25, -0.2) is 0 Å². The van der Waals surface area contributed by atoms with Crippen LogP contribution in [0.15, 0.2) is 110 Å². The van der Waals surface area contributed by atoms with E-state index < -0.39 is 0 Å². The number of benzene rings is 4. The number of fused-ring (bicyclic) bond motifs is 8. The summed E-state index contributed by atoms with van der Waals surface area (Å²) in [6, 6.07) is 35.8. The molecule has 4 spiro atoms. The van der Waals surface area contributed by atoms with Crippen molar-refractivity contribution in [2.75, 3.05) is 91.6 Å². The van der Waals surface area contributed by atoms with Crippen molar-refractivity contribution in [3.8, 4) is 0 Å². The number of hydrogen-bond donors (Lipinski definition) is 4. The molecule has 14 heteroatoms. The number of amides is 5. The Morgan fingerprint density at radius 1 is 0.524 bits per heavy atom. The van der Waals surface area contributed by atoms with Crippen LogP contribution in [0.2, 0.25) is 0 Å². The smallest absolute Gasteiger partial charge is 0.236 e. The maximum absolute atomic E-state index is 12.8. The third kappa shape index (κ3) is 20.1. The minimum absolute atomic E-state index is 0. The second kappa shape index (κ2) is 36.4. The molecule has 4 aliphatic heterocycles. The van der Waals surface area contributed by atoms with Gasteiger partial charge in [0.15, 0.2) is 0 Å². The van der Waals surface area contributed by atoms with Crippen LogP contribution in [0.25, 0.3) is 0 Å². The predicted octanol–water partition coefficient (Wildman–Crippen LogP) is 17.0. The van der Waals surface area contributed by atoms with Gasteiger partial charge in [-0.2, -0.15) is 0 Å². The number of nitrogens with one attached hydrogen (secondary N) is 4. The van der Waals surface area contributed by atoms with Gasteiger partial charge in [0.2, 0.25) is 29.5 Å². The Bertz CT molecular complexity index is 3450. The second-order valence-electron chi connectivity index (χ2n) is 34.3. The maximum Gasteiger partial charge on any atom is 0.236 e. The molecule has 4 heterocycles. The Morgan fingerprint density at radius 3 is 1.36 bits per heavy atom. The van der Waals surface area contributed by atoms with Crippen molar-refractivity contribution in [3.05, 3.63) is 154 Å². The Morgan fingerprint density at radius 2 is 0.922 bits per heavy atom. The number of hydrogen-bond acceptors (Lipinski definition) is 9. The van der Waals surface area contributed by atoms with E-state index in [0.29, 0.717) is 29.7 Å². The van der Waals surface area contributed by atoms with Crippen molar-refractivity contribution in [2.24, 2.45) is 17.3 Å². The van der Waals surface area contributed by atoms with Crippen LogP contribution in [0.3, 0.4) is 0 Å². The highest BCUT2D eigenvalue weighted by Gasteiger charge is 2.49. The van der Waals surface area contributed by atoms with Crippen molar-refractivity contribution in [2.45, 2.75) is 263 Å². The van der Waals surface area contributed by atoms with Crippen LogP contribution in [-0.4, -0.2) is 146 Å². The summed E-state index contributed by atoms with van der Waals surface area (Å²) in [5.41, 5.74) is 12.7. The summed E-state index contributed by atoms with van der Waals surface area (Å²) in [6.07, 6.45) is 27.9. The molecule has 4 N–H and O–H groups in total. The van der Waals surface area contributed by atoms with E-state index in [4.69, 9.17) is 0 Å². The summed E-state index contributed by atoms with van der Waals surface area (Å²) in [6.45, 7) is 39.5. The minimum Gasteiger partial charge on any atom is -0.350 e. The zero-order valence-corrected chi connectivity index (χ0v) is 65.4. The Kier molecular flexibility index (Phi) is 28.1. The lowest BCUT2D eigenvalue weighted by atomic mass is 9.63. The fraction of sp³-hybridized carbons (Fsp3) is 0.652. The Labute approximate surface area is 627 Å². The molecule has 4 aromatic rings.